The van der Waals surface area contributed by atoms with Gasteiger partial charge in [0.15, 0.2) is 5.82 Å². The van der Waals surface area contributed by atoms with Crippen LogP contribution in [0.15, 0.2) is 47.6 Å². The average molecular weight is 635 g/mol. The van der Waals surface area contributed by atoms with E-state index in [2.05, 4.69) is 25.4 Å². The lowest BCUT2D eigenvalue weighted by Gasteiger charge is -2.33. The van der Waals surface area contributed by atoms with E-state index in [1.807, 2.05) is 18.7 Å². The van der Waals surface area contributed by atoms with E-state index in [1.165, 1.54) is 41.2 Å². The van der Waals surface area contributed by atoms with Crippen LogP contribution in [0.4, 0.5) is 24.8 Å². The summed E-state index contributed by atoms with van der Waals surface area (Å²) >= 11 is 0. The van der Waals surface area contributed by atoms with Gasteiger partial charge in [-0.15, -0.1) is 5.10 Å². The van der Waals surface area contributed by atoms with Crippen molar-refractivity contribution < 1.29 is 31.1 Å². The lowest BCUT2D eigenvalue weighted by molar-refractivity contribution is -0.190. The Hall–Kier alpha value is -3.92. The fraction of sp³-hybridized carbons (Fsp3) is 0.500. The third-order valence-corrected chi connectivity index (χ3v) is 9.78. The Labute approximate surface area is 252 Å². The molecule has 3 aromatic rings. The van der Waals surface area contributed by atoms with Crippen molar-refractivity contribution in [3.05, 3.63) is 48.3 Å². The summed E-state index contributed by atoms with van der Waals surface area (Å²) < 4.78 is 75.0. The second-order valence-corrected chi connectivity index (χ2v) is 13.7. The van der Waals surface area contributed by atoms with Gasteiger partial charge in [0.25, 0.3) is 15.9 Å². The minimum absolute atomic E-state index is 0.0508. The molecule has 3 N–H and O–H groups in total. The number of hydrogen-bond acceptors (Lipinski definition) is 10. The average Bonchev–Trinajstić information content (AvgIpc) is 3.51. The standard InChI is InChI=1S/C28H33F3N8O4S/c1-26(2)15-18-17-38(26)24-20(25(40)37-44(41,42)19-3-5-21(34-16-19)33-12-11-32-18)4-6-22(35-24)39-13-7-23(36-39)43-14-10-27(8-9-27)28(29,30)31/h3-7,13,16,18,32H,8-12,14-15,17H2,1-2H3,(H,33,34)(H,37,40). The zero-order chi connectivity index (χ0) is 31.3. The first-order valence-corrected chi connectivity index (χ1v) is 15.8. The molecule has 2 fully saturated rings. The lowest BCUT2D eigenvalue weighted by Crippen LogP contribution is -2.41. The molecule has 44 heavy (non-hydrogen) atoms. The SMILES string of the molecule is CC1(C)CC2CN1c1nc(-n3ccc(OCCC4(C(F)(F)F)CC4)n3)ccc1C(=O)NS(=O)(=O)c1ccc(nc1)NCCN2. The molecule has 4 aliphatic rings. The molecule has 16 heteroatoms. The molecule has 7 rings (SSSR count). The normalized spacial score (nSPS) is 22.2. The molecule has 1 aliphatic carbocycles. The van der Waals surface area contributed by atoms with Gasteiger partial charge in [0, 0.05) is 49.7 Å². The van der Waals surface area contributed by atoms with Gasteiger partial charge in [0.2, 0.25) is 5.88 Å². The highest BCUT2D eigenvalue weighted by atomic mass is 32.2. The number of hydrogen-bond donors (Lipinski definition) is 3. The smallest absolute Gasteiger partial charge is 0.394 e. The molecule has 0 radical (unpaired) electrons. The van der Waals surface area contributed by atoms with Gasteiger partial charge >= 0.3 is 6.18 Å². The van der Waals surface area contributed by atoms with Crippen LogP contribution in [0.5, 0.6) is 5.88 Å². The van der Waals surface area contributed by atoms with E-state index in [1.54, 1.807) is 6.20 Å². The number of carbonyl (C=O) groups excluding carboxylic acids is 1. The number of nitrogens with one attached hydrogen (secondary N) is 3. The van der Waals surface area contributed by atoms with Gasteiger partial charge in [-0.3, -0.25) is 4.79 Å². The molecule has 4 bridgehead atoms. The van der Waals surface area contributed by atoms with Crippen molar-refractivity contribution in [2.24, 2.45) is 5.41 Å². The number of aromatic nitrogens is 4. The first-order valence-electron chi connectivity index (χ1n) is 14.3. The van der Waals surface area contributed by atoms with Crippen LogP contribution in [0.2, 0.25) is 0 Å². The van der Waals surface area contributed by atoms with E-state index < -0.39 is 33.1 Å². The topological polar surface area (TPSA) is 143 Å². The summed E-state index contributed by atoms with van der Waals surface area (Å²) in [5.41, 5.74) is -2.07. The minimum atomic E-state index is -4.25. The van der Waals surface area contributed by atoms with Gasteiger partial charge in [0.05, 0.1) is 17.6 Å². The highest BCUT2D eigenvalue weighted by Gasteiger charge is 2.62. The van der Waals surface area contributed by atoms with Crippen molar-refractivity contribution in [3.8, 4) is 11.7 Å². The van der Waals surface area contributed by atoms with Gasteiger partial charge in [0.1, 0.15) is 16.5 Å². The molecule has 1 amide bonds. The number of carbonyl (C=O) groups is 1. The van der Waals surface area contributed by atoms with Crippen molar-refractivity contribution in [1.29, 1.82) is 0 Å². The highest BCUT2D eigenvalue weighted by molar-refractivity contribution is 7.90. The first-order chi connectivity index (χ1) is 20.8. The fourth-order valence-corrected chi connectivity index (χ4v) is 6.65. The zero-order valence-electron chi connectivity index (χ0n) is 24.2. The number of amides is 1. The summed E-state index contributed by atoms with van der Waals surface area (Å²) in [6.45, 7) is 5.59. The van der Waals surface area contributed by atoms with E-state index in [0.717, 1.165) is 6.42 Å². The van der Waals surface area contributed by atoms with Gasteiger partial charge in [-0.25, -0.2) is 27.8 Å². The van der Waals surface area contributed by atoms with Gasteiger partial charge < -0.3 is 20.3 Å². The summed E-state index contributed by atoms with van der Waals surface area (Å²) in [5, 5.41) is 11.0. The maximum atomic E-state index is 13.5. The Morgan fingerprint density at radius 1 is 1.11 bits per heavy atom. The predicted molar refractivity (Wildman–Crippen MR) is 154 cm³/mol. The van der Waals surface area contributed by atoms with Crippen LogP contribution in [0.1, 0.15) is 49.9 Å². The number of halogens is 3. The number of anilines is 2. The van der Waals surface area contributed by atoms with Gasteiger partial charge in [-0.1, -0.05) is 0 Å². The van der Waals surface area contributed by atoms with Crippen molar-refractivity contribution in [1.82, 2.24) is 29.8 Å². The van der Waals surface area contributed by atoms with Crippen LogP contribution in [0.3, 0.4) is 0 Å². The molecular weight excluding hydrogens is 601 g/mol. The Morgan fingerprint density at radius 2 is 1.91 bits per heavy atom. The fourth-order valence-electron chi connectivity index (χ4n) is 5.74. The minimum Gasteiger partial charge on any atom is -0.477 e. The summed E-state index contributed by atoms with van der Waals surface area (Å²) in [5.74, 6) is 0.374. The maximum absolute atomic E-state index is 13.5. The van der Waals surface area contributed by atoms with Crippen LogP contribution < -0.4 is 25.0 Å². The van der Waals surface area contributed by atoms with Crippen LogP contribution in [-0.4, -0.2) is 78.1 Å². The van der Waals surface area contributed by atoms with Crippen molar-refractivity contribution in [2.45, 2.75) is 62.2 Å². The Bertz CT molecular complexity index is 1660. The summed E-state index contributed by atoms with van der Waals surface area (Å²) in [6.07, 6.45) is -0.727. The molecule has 1 saturated heterocycles. The van der Waals surface area contributed by atoms with Crippen molar-refractivity contribution in [3.63, 3.8) is 0 Å². The number of nitrogens with zero attached hydrogens (tertiary/aromatic N) is 5. The van der Waals surface area contributed by atoms with Crippen LogP contribution in [0, 0.1) is 5.41 Å². The predicted octanol–water partition coefficient (Wildman–Crippen LogP) is 3.26. The molecule has 236 valence electrons. The van der Waals surface area contributed by atoms with Crippen LogP contribution >= 0.6 is 0 Å². The molecule has 3 aromatic heterocycles. The van der Waals surface area contributed by atoms with Gasteiger partial charge in [-0.05, 0) is 63.8 Å². The highest BCUT2D eigenvalue weighted by Crippen LogP contribution is 2.59. The lowest BCUT2D eigenvalue weighted by atomic mass is 10.00. The van der Waals surface area contributed by atoms with E-state index >= 15 is 0 Å². The monoisotopic (exact) mass is 634 g/mol. The molecule has 1 unspecified atom stereocenters. The zero-order valence-corrected chi connectivity index (χ0v) is 25.0. The van der Waals surface area contributed by atoms with Crippen LogP contribution in [0.25, 0.3) is 5.82 Å². The number of sulfonamides is 1. The van der Waals surface area contributed by atoms with E-state index in [-0.39, 0.29) is 54.1 Å². The number of alkyl halides is 3. The molecule has 0 spiro atoms. The van der Waals surface area contributed by atoms with E-state index in [9.17, 15) is 26.4 Å². The van der Waals surface area contributed by atoms with Crippen LogP contribution in [-0.2, 0) is 10.0 Å². The summed E-state index contributed by atoms with van der Waals surface area (Å²) in [4.78, 5) is 24.2. The van der Waals surface area contributed by atoms with Crippen molar-refractivity contribution >= 4 is 27.6 Å². The number of pyridine rings is 2. The van der Waals surface area contributed by atoms with Crippen molar-refractivity contribution in [2.75, 3.05) is 36.5 Å². The third kappa shape index (κ3) is 5.92. The van der Waals surface area contributed by atoms with E-state index in [0.29, 0.717) is 31.3 Å². The summed E-state index contributed by atoms with van der Waals surface area (Å²) in [6, 6.07) is 7.48. The molecule has 6 heterocycles. The number of rotatable bonds is 5. The number of fused-ring (bicyclic) bond motifs is 7. The van der Waals surface area contributed by atoms with E-state index in [4.69, 9.17) is 9.72 Å². The molecule has 1 atom stereocenters. The summed E-state index contributed by atoms with van der Waals surface area (Å²) in [7, 11) is -4.24. The van der Waals surface area contributed by atoms with Gasteiger partial charge in [-0.2, -0.15) is 13.2 Å². The Balaban J connectivity index is 1.30. The second-order valence-electron chi connectivity index (χ2n) is 12.0. The Kier molecular flexibility index (Phi) is 7.47. The Morgan fingerprint density at radius 3 is 2.61 bits per heavy atom. The molecule has 0 aromatic carbocycles. The maximum Gasteiger partial charge on any atom is 0.394 e. The molecule has 1 saturated carbocycles. The number of ether oxygens (including phenoxy) is 1. The molecular formula is C28H33F3N8O4S. The molecule has 12 nitrogen and oxygen atoms in total. The molecule has 3 aliphatic heterocycles. The first kappa shape index (κ1) is 30.1. The third-order valence-electron chi connectivity index (χ3n) is 8.46. The quantitative estimate of drug-likeness (QED) is 0.383. The second kappa shape index (κ2) is 10.9. The largest absolute Gasteiger partial charge is 0.477 e.